The number of carbonyl (C=O) groups is 1. The molecule has 1 aliphatic heterocycles. The third kappa shape index (κ3) is 2.17. The molecule has 1 atom stereocenters. The second-order valence-electron chi connectivity index (χ2n) is 3.36. The maximum Gasteiger partial charge on any atom is 0.407 e. The van der Waals surface area contributed by atoms with Gasteiger partial charge in [-0.2, -0.15) is 0 Å². The highest BCUT2D eigenvalue weighted by atomic mass is 32.2. The molecule has 2 heterocycles. The molecule has 0 aromatic carbocycles. The number of fused-ring (bicyclic) bond motifs is 1. The maximum atomic E-state index is 10.7. The third-order valence-corrected chi connectivity index (χ3v) is 2.73. The molecule has 1 aromatic heterocycles. The SMILES string of the molecule is O=C(O)N1Cc2cnc(CS(=O)O)nc2C1. The highest BCUT2D eigenvalue weighted by Gasteiger charge is 2.24. The van der Waals surface area contributed by atoms with Crippen LogP contribution in [0, 0.1) is 0 Å². The largest absolute Gasteiger partial charge is 0.465 e. The lowest BCUT2D eigenvalue weighted by Gasteiger charge is -2.07. The van der Waals surface area contributed by atoms with Crippen LogP contribution in [0.5, 0.6) is 0 Å². The molecule has 0 aliphatic carbocycles. The van der Waals surface area contributed by atoms with E-state index in [4.69, 9.17) is 9.66 Å². The molecule has 0 spiro atoms. The van der Waals surface area contributed by atoms with E-state index in [9.17, 15) is 9.00 Å². The Bertz CT molecular complexity index is 465. The fourth-order valence-electron chi connectivity index (χ4n) is 1.51. The van der Waals surface area contributed by atoms with Crippen LogP contribution in [-0.2, 0) is 29.9 Å². The minimum atomic E-state index is -1.99. The summed E-state index contributed by atoms with van der Waals surface area (Å²) < 4.78 is 19.3. The summed E-state index contributed by atoms with van der Waals surface area (Å²) in [7, 11) is 0. The van der Waals surface area contributed by atoms with E-state index in [1.54, 1.807) is 0 Å². The first-order valence-corrected chi connectivity index (χ1v) is 5.73. The predicted molar refractivity (Wildman–Crippen MR) is 53.8 cm³/mol. The van der Waals surface area contributed by atoms with Crippen molar-refractivity contribution in [2.45, 2.75) is 18.8 Å². The van der Waals surface area contributed by atoms with E-state index in [-0.39, 0.29) is 24.7 Å². The van der Waals surface area contributed by atoms with Crippen LogP contribution in [0.3, 0.4) is 0 Å². The first kappa shape index (κ1) is 11.0. The van der Waals surface area contributed by atoms with Gasteiger partial charge in [-0.1, -0.05) is 0 Å². The van der Waals surface area contributed by atoms with Crippen molar-refractivity contribution in [3.05, 3.63) is 23.3 Å². The van der Waals surface area contributed by atoms with Gasteiger partial charge in [0.15, 0.2) is 11.1 Å². The lowest BCUT2D eigenvalue weighted by atomic mass is 10.3. The predicted octanol–water partition coefficient (Wildman–Crippen LogP) is 0.192. The van der Waals surface area contributed by atoms with Gasteiger partial charge >= 0.3 is 6.09 Å². The van der Waals surface area contributed by atoms with Crippen LogP contribution in [0.2, 0.25) is 0 Å². The first-order valence-electron chi connectivity index (χ1n) is 4.45. The summed E-state index contributed by atoms with van der Waals surface area (Å²) in [5, 5.41) is 8.79. The van der Waals surface area contributed by atoms with E-state index in [1.807, 2.05) is 0 Å². The van der Waals surface area contributed by atoms with E-state index < -0.39 is 17.2 Å². The molecule has 1 aromatic rings. The fraction of sp³-hybridized carbons (Fsp3) is 0.375. The summed E-state index contributed by atoms with van der Waals surface area (Å²) in [6.45, 7) is 0.478. The van der Waals surface area contributed by atoms with Crippen LogP contribution in [0.4, 0.5) is 4.79 Å². The van der Waals surface area contributed by atoms with E-state index in [0.717, 1.165) is 5.56 Å². The van der Waals surface area contributed by atoms with Gasteiger partial charge in [-0.15, -0.1) is 0 Å². The number of nitrogens with zero attached hydrogens (tertiary/aromatic N) is 3. The highest BCUT2D eigenvalue weighted by Crippen LogP contribution is 2.20. The molecule has 1 unspecified atom stereocenters. The molecule has 0 saturated heterocycles. The lowest BCUT2D eigenvalue weighted by molar-refractivity contribution is 0.145. The minimum absolute atomic E-state index is 0.139. The molecule has 0 bridgehead atoms. The Morgan fingerprint density at radius 2 is 2.31 bits per heavy atom. The van der Waals surface area contributed by atoms with Crippen molar-refractivity contribution in [2.24, 2.45) is 0 Å². The quantitative estimate of drug-likeness (QED) is 0.719. The summed E-state index contributed by atoms with van der Waals surface area (Å²) >= 11 is -1.99. The van der Waals surface area contributed by atoms with Crippen LogP contribution in [0.25, 0.3) is 0 Å². The van der Waals surface area contributed by atoms with Gasteiger partial charge in [-0.25, -0.2) is 19.0 Å². The molecule has 16 heavy (non-hydrogen) atoms. The zero-order valence-electron chi connectivity index (χ0n) is 8.16. The van der Waals surface area contributed by atoms with Crippen molar-refractivity contribution >= 4 is 17.2 Å². The summed E-state index contributed by atoms with van der Waals surface area (Å²) in [5.74, 6) is 0.118. The zero-order valence-corrected chi connectivity index (χ0v) is 8.98. The Kier molecular flexibility index (Phi) is 2.84. The van der Waals surface area contributed by atoms with Crippen molar-refractivity contribution < 1.29 is 18.7 Å². The molecule has 1 amide bonds. The van der Waals surface area contributed by atoms with Gasteiger partial charge in [0.2, 0.25) is 0 Å². The Hall–Kier alpha value is -1.54. The van der Waals surface area contributed by atoms with Gasteiger partial charge < -0.3 is 9.66 Å². The number of carboxylic acid groups (broad SMARTS) is 1. The number of amides is 1. The van der Waals surface area contributed by atoms with Crippen molar-refractivity contribution in [3.8, 4) is 0 Å². The van der Waals surface area contributed by atoms with Crippen LogP contribution in [0.1, 0.15) is 17.1 Å². The fourth-order valence-corrected chi connectivity index (χ4v) is 1.87. The molecule has 7 nitrogen and oxygen atoms in total. The molecule has 0 saturated carbocycles. The first-order chi connectivity index (χ1) is 7.56. The molecule has 86 valence electrons. The van der Waals surface area contributed by atoms with E-state index >= 15 is 0 Å². The van der Waals surface area contributed by atoms with Crippen molar-refractivity contribution in [1.82, 2.24) is 14.9 Å². The summed E-state index contributed by atoms with van der Waals surface area (Å²) in [4.78, 5) is 19.9. The lowest BCUT2D eigenvalue weighted by Crippen LogP contribution is -2.22. The number of hydrogen-bond acceptors (Lipinski definition) is 4. The van der Waals surface area contributed by atoms with E-state index in [2.05, 4.69) is 9.97 Å². The average molecular weight is 243 g/mol. The minimum Gasteiger partial charge on any atom is -0.465 e. The standard InChI is InChI=1S/C8H9N3O4S/c12-8(13)11-2-5-1-9-7(4-16(14)15)10-6(5)3-11/h1H,2-4H2,(H,12,13)(H,14,15). The molecular formula is C8H9N3O4S. The van der Waals surface area contributed by atoms with Gasteiger partial charge in [-0.3, -0.25) is 4.90 Å². The van der Waals surface area contributed by atoms with Crippen molar-refractivity contribution in [2.75, 3.05) is 0 Å². The average Bonchev–Trinajstić information content (AvgIpc) is 2.59. The molecule has 0 radical (unpaired) electrons. The Morgan fingerprint density at radius 1 is 1.56 bits per heavy atom. The van der Waals surface area contributed by atoms with Gasteiger partial charge in [-0.05, 0) is 0 Å². The maximum absolute atomic E-state index is 10.7. The van der Waals surface area contributed by atoms with E-state index in [1.165, 1.54) is 11.1 Å². The third-order valence-electron chi connectivity index (χ3n) is 2.23. The molecule has 2 rings (SSSR count). The highest BCUT2D eigenvalue weighted by molar-refractivity contribution is 7.78. The second kappa shape index (κ2) is 4.14. The van der Waals surface area contributed by atoms with Gasteiger partial charge in [0.1, 0.15) is 11.6 Å². The van der Waals surface area contributed by atoms with Crippen LogP contribution in [-0.4, -0.2) is 34.8 Å². The number of aromatic nitrogens is 2. The Balaban J connectivity index is 2.20. The molecule has 2 N–H and O–H groups in total. The van der Waals surface area contributed by atoms with Crippen LogP contribution >= 0.6 is 0 Å². The van der Waals surface area contributed by atoms with Gasteiger partial charge in [0.25, 0.3) is 0 Å². The van der Waals surface area contributed by atoms with E-state index in [0.29, 0.717) is 5.69 Å². The second-order valence-corrected chi connectivity index (χ2v) is 4.29. The topological polar surface area (TPSA) is 104 Å². The number of hydrogen-bond donors (Lipinski definition) is 2. The zero-order chi connectivity index (χ0) is 11.7. The monoisotopic (exact) mass is 243 g/mol. The summed E-state index contributed by atoms with van der Waals surface area (Å²) in [6.07, 6.45) is 0.498. The number of rotatable bonds is 2. The smallest absolute Gasteiger partial charge is 0.407 e. The van der Waals surface area contributed by atoms with Crippen LogP contribution < -0.4 is 0 Å². The van der Waals surface area contributed by atoms with Crippen molar-refractivity contribution in [1.29, 1.82) is 0 Å². The Labute approximate surface area is 93.4 Å². The van der Waals surface area contributed by atoms with Crippen molar-refractivity contribution in [3.63, 3.8) is 0 Å². The normalized spacial score (nSPS) is 15.9. The van der Waals surface area contributed by atoms with Crippen LogP contribution in [0.15, 0.2) is 6.20 Å². The molecule has 8 heteroatoms. The Morgan fingerprint density at radius 3 is 2.94 bits per heavy atom. The molecule has 1 aliphatic rings. The molecule has 0 fully saturated rings. The summed E-state index contributed by atoms with van der Waals surface area (Å²) in [5.41, 5.74) is 1.35. The van der Waals surface area contributed by atoms with Gasteiger partial charge in [0.05, 0.1) is 18.8 Å². The molecular weight excluding hydrogens is 234 g/mol. The summed E-state index contributed by atoms with van der Waals surface area (Å²) in [6, 6.07) is 0. The van der Waals surface area contributed by atoms with Gasteiger partial charge in [0, 0.05) is 11.8 Å².